The number of esters is 1. The van der Waals surface area contributed by atoms with Crippen LogP contribution >= 0.6 is 0 Å². The van der Waals surface area contributed by atoms with E-state index in [4.69, 9.17) is 19.2 Å². The highest BCUT2D eigenvalue weighted by Crippen LogP contribution is 2.39. The van der Waals surface area contributed by atoms with E-state index in [2.05, 4.69) is 26.1 Å². The molecule has 7 nitrogen and oxygen atoms in total. The van der Waals surface area contributed by atoms with Crippen LogP contribution in [0.15, 0.2) is 42.5 Å². The molecule has 1 aliphatic rings. The normalized spacial score (nSPS) is 15.3. The van der Waals surface area contributed by atoms with Crippen LogP contribution in [-0.4, -0.2) is 37.7 Å². The maximum atomic E-state index is 13.4. The van der Waals surface area contributed by atoms with Crippen LogP contribution in [-0.2, 0) is 22.4 Å². The summed E-state index contributed by atoms with van der Waals surface area (Å²) in [7, 11) is 3.06. The molecule has 0 radical (unpaired) electrons. The lowest BCUT2D eigenvalue weighted by atomic mass is 9.70. The van der Waals surface area contributed by atoms with Crippen LogP contribution in [0.1, 0.15) is 48.8 Å². The summed E-state index contributed by atoms with van der Waals surface area (Å²) in [5.41, 5.74) is 3.76. The monoisotopic (exact) mass is 476 g/mol. The van der Waals surface area contributed by atoms with Gasteiger partial charge < -0.3 is 19.5 Å². The molecular weight excluding hydrogens is 444 g/mol. The first-order valence-electron chi connectivity index (χ1n) is 11.8. The van der Waals surface area contributed by atoms with Crippen LogP contribution in [0.5, 0.6) is 11.5 Å². The zero-order valence-electron chi connectivity index (χ0n) is 20.9. The molecule has 184 valence electrons. The number of nitrogens with one attached hydrogen (secondary N) is 1. The van der Waals surface area contributed by atoms with Crippen molar-refractivity contribution >= 4 is 28.5 Å². The highest BCUT2D eigenvalue weighted by Gasteiger charge is 2.33. The van der Waals surface area contributed by atoms with Crippen LogP contribution in [0.3, 0.4) is 0 Å². The second-order valence-electron chi connectivity index (χ2n) is 9.93. The average molecular weight is 477 g/mol. The van der Waals surface area contributed by atoms with Gasteiger partial charge in [-0.05, 0) is 54.4 Å². The lowest BCUT2D eigenvalue weighted by Gasteiger charge is -2.35. The average Bonchev–Trinajstić information content (AvgIpc) is 2.85. The summed E-state index contributed by atoms with van der Waals surface area (Å²) in [5, 5.41) is 3.49. The predicted octanol–water partition coefficient (Wildman–Crippen LogP) is 5.20. The molecule has 1 N–H and O–H groups in total. The molecule has 0 bridgehead atoms. The van der Waals surface area contributed by atoms with Crippen LogP contribution < -0.4 is 14.8 Å². The van der Waals surface area contributed by atoms with Gasteiger partial charge in [-0.1, -0.05) is 39.0 Å². The minimum atomic E-state index is -0.508. The Hall–Kier alpha value is -3.61. The molecule has 1 aromatic heterocycles. The van der Waals surface area contributed by atoms with E-state index >= 15 is 0 Å². The maximum absolute atomic E-state index is 13.4. The number of ether oxygens (including phenoxy) is 3. The van der Waals surface area contributed by atoms with Gasteiger partial charge in [-0.2, -0.15) is 0 Å². The number of anilines is 1. The first-order valence-corrected chi connectivity index (χ1v) is 11.8. The molecule has 2 aromatic carbocycles. The number of benzene rings is 2. The quantitative estimate of drug-likeness (QED) is 0.492. The lowest BCUT2D eigenvalue weighted by Crippen LogP contribution is -2.29. The number of nitrogens with zero attached hydrogens (tertiary/aromatic N) is 1. The van der Waals surface area contributed by atoms with E-state index in [1.165, 1.54) is 7.11 Å². The SMILES string of the molecule is COc1ccc(NC(=O)COC(=O)c2c3c(nc4ccccc24)CC[C@@H](C(C)(C)C)C3)c(OC)c1. The summed E-state index contributed by atoms with van der Waals surface area (Å²) < 4.78 is 16.0. The van der Waals surface area contributed by atoms with Crippen molar-refractivity contribution in [1.29, 1.82) is 0 Å². The third-order valence-corrected chi connectivity index (χ3v) is 6.71. The molecule has 1 amide bonds. The number of para-hydroxylation sites is 1. The van der Waals surface area contributed by atoms with E-state index in [9.17, 15) is 9.59 Å². The third kappa shape index (κ3) is 5.24. The third-order valence-electron chi connectivity index (χ3n) is 6.71. The zero-order chi connectivity index (χ0) is 25.2. The molecule has 4 rings (SSSR count). The number of rotatable bonds is 6. The van der Waals surface area contributed by atoms with Crippen molar-refractivity contribution in [3.8, 4) is 11.5 Å². The van der Waals surface area contributed by atoms with Crippen LogP contribution in [0.25, 0.3) is 10.9 Å². The number of fused-ring (bicyclic) bond motifs is 2. The summed E-state index contributed by atoms with van der Waals surface area (Å²) in [6.07, 6.45) is 2.61. The minimum Gasteiger partial charge on any atom is -0.497 e. The topological polar surface area (TPSA) is 86.8 Å². The lowest BCUT2D eigenvalue weighted by molar-refractivity contribution is -0.119. The van der Waals surface area contributed by atoms with Crippen molar-refractivity contribution in [2.75, 3.05) is 26.1 Å². The Labute approximate surface area is 205 Å². The first-order chi connectivity index (χ1) is 16.7. The maximum Gasteiger partial charge on any atom is 0.339 e. The largest absolute Gasteiger partial charge is 0.497 e. The number of aromatic nitrogens is 1. The minimum absolute atomic E-state index is 0.113. The molecule has 1 heterocycles. The highest BCUT2D eigenvalue weighted by atomic mass is 16.5. The van der Waals surface area contributed by atoms with Gasteiger partial charge in [0, 0.05) is 17.1 Å². The molecular formula is C28H32N2O5. The van der Waals surface area contributed by atoms with Gasteiger partial charge in [0.1, 0.15) is 11.5 Å². The van der Waals surface area contributed by atoms with Crippen LogP contribution in [0, 0.1) is 11.3 Å². The Morgan fingerprint density at radius 1 is 1.09 bits per heavy atom. The second kappa shape index (κ2) is 9.94. The Bertz CT molecular complexity index is 1260. The van der Waals surface area contributed by atoms with Gasteiger partial charge in [0.15, 0.2) is 6.61 Å². The van der Waals surface area contributed by atoms with Gasteiger partial charge in [-0.3, -0.25) is 9.78 Å². The number of hydrogen-bond donors (Lipinski definition) is 1. The molecule has 1 atom stereocenters. The Kier molecular flexibility index (Phi) is 6.96. The van der Waals surface area contributed by atoms with E-state index in [-0.39, 0.29) is 5.41 Å². The van der Waals surface area contributed by atoms with Crippen LogP contribution in [0.2, 0.25) is 0 Å². The zero-order valence-corrected chi connectivity index (χ0v) is 20.9. The molecule has 35 heavy (non-hydrogen) atoms. The van der Waals surface area contributed by atoms with E-state index in [0.29, 0.717) is 28.7 Å². The van der Waals surface area contributed by atoms with Crippen molar-refractivity contribution in [1.82, 2.24) is 4.98 Å². The molecule has 0 aliphatic heterocycles. The molecule has 0 unspecified atom stereocenters. The number of aryl methyl sites for hydroxylation is 1. The molecule has 0 saturated heterocycles. The fraction of sp³-hybridized carbons (Fsp3) is 0.393. The number of carbonyl (C=O) groups is 2. The van der Waals surface area contributed by atoms with Crippen molar-refractivity contribution in [3.63, 3.8) is 0 Å². The number of amides is 1. The van der Waals surface area contributed by atoms with E-state index in [0.717, 1.165) is 41.4 Å². The fourth-order valence-corrected chi connectivity index (χ4v) is 4.65. The van der Waals surface area contributed by atoms with Crippen molar-refractivity contribution in [2.45, 2.75) is 40.0 Å². The van der Waals surface area contributed by atoms with Gasteiger partial charge in [0.05, 0.1) is 31.0 Å². The summed E-state index contributed by atoms with van der Waals surface area (Å²) in [4.78, 5) is 30.8. The van der Waals surface area contributed by atoms with Gasteiger partial charge in [0.2, 0.25) is 0 Å². The molecule has 0 spiro atoms. The summed E-state index contributed by atoms with van der Waals surface area (Å²) >= 11 is 0. The molecule has 3 aromatic rings. The van der Waals surface area contributed by atoms with Gasteiger partial charge >= 0.3 is 5.97 Å². The van der Waals surface area contributed by atoms with E-state index < -0.39 is 18.5 Å². The highest BCUT2D eigenvalue weighted by molar-refractivity contribution is 6.06. The molecule has 1 aliphatic carbocycles. The van der Waals surface area contributed by atoms with Gasteiger partial charge in [0.25, 0.3) is 5.91 Å². The van der Waals surface area contributed by atoms with Gasteiger partial charge in [-0.25, -0.2) is 4.79 Å². The number of hydrogen-bond acceptors (Lipinski definition) is 6. The summed E-state index contributed by atoms with van der Waals surface area (Å²) in [6, 6.07) is 12.7. The van der Waals surface area contributed by atoms with Crippen molar-refractivity contribution in [2.24, 2.45) is 11.3 Å². The van der Waals surface area contributed by atoms with Crippen LogP contribution in [0.4, 0.5) is 5.69 Å². The first kappa shape index (κ1) is 24.5. The molecule has 0 fully saturated rings. The molecule has 7 heteroatoms. The van der Waals surface area contributed by atoms with E-state index in [1.807, 2.05) is 24.3 Å². The van der Waals surface area contributed by atoms with E-state index in [1.54, 1.807) is 25.3 Å². The summed E-state index contributed by atoms with van der Waals surface area (Å²) in [6.45, 7) is 6.27. The standard InChI is InChI=1S/C28H32N2O5/c1-28(2,3)17-10-12-22-20(14-17)26(19-8-6-7-9-21(19)29-22)27(32)35-16-25(31)30-23-13-11-18(33-4)15-24(23)34-5/h6-9,11,13,15,17H,10,12,14,16H2,1-5H3,(H,30,31)/t17-/m1/s1. The van der Waals surface area contributed by atoms with Crippen molar-refractivity contribution in [3.05, 3.63) is 59.3 Å². The van der Waals surface area contributed by atoms with Gasteiger partial charge in [-0.15, -0.1) is 0 Å². The number of pyridine rings is 1. The Morgan fingerprint density at radius 3 is 2.57 bits per heavy atom. The summed E-state index contributed by atoms with van der Waals surface area (Å²) in [5.74, 6) is 0.517. The predicted molar refractivity (Wildman–Crippen MR) is 135 cm³/mol. The smallest absolute Gasteiger partial charge is 0.339 e. The molecule has 0 saturated carbocycles. The number of methoxy groups -OCH3 is 2. The fourth-order valence-electron chi connectivity index (χ4n) is 4.65. The Balaban J connectivity index is 1.57. The second-order valence-corrected chi connectivity index (χ2v) is 9.93. The van der Waals surface area contributed by atoms with Crippen molar-refractivity contribution < 1.29 is 23.8 Å². The number of carbonyl (C=O) groups excluding carboxylic acids is 2. The Morgan fingerprint density at radius 2 is 1.86 bits per heavy atom.